The molecule has 0 fully saturated rings. The van der Waals surface area contributed by atoms with E-state index in [1.807, 2.05) is 6.92 Å². The highest BCUT2D eigenvalue weighted by atomic mass is 35.5. The zero-order valence-electron chi connectivity index (χ0n) is 9.44. The first kappa shape index (κ1) is 12.5. The number of aryl methyl sites for hydroxylation is 2. The highest BCUT2D eigenvalue weighted by molar-refractivity contribution is 6.30. The Morgan fingerprint density at radius 2 is 2.18 bits per heavy atom. The SMILES string of the molecule is Cc1nn(C)c(Cl)c1CC(O)c1ccc(Cl)o1. The predicted octanol–water partition coefficient (Wildman–Crippen LogP) is 2.90. The summed E-state index contributed by atoms with van der Waals surface area (Å²) in [5.41, 5.74) is 1.61. The van der Waals surface area contributed by atoms with E-state index in [-0.39, 0.29) is 5.22 Å². The van der Waals surface area contributed by atoms with E-state index >= 15 is 0 Å². The number of rotatable bonds is 3. The molecule has 92 valence electrons. The Morgan fingerprint density at radius 3 is 2.65 bits per heavy atom. The quantitative estimate of drug-likeness (QED) is 0.937. The lowest BCUT2D eigenvalue weighted by Gasteiger charge is -2.07. The van der Waals surface area contributed by atoms with Crippen LogP contribution in [-0.4, -0.2) is 14.9 Å². The molecule has 17 heavy (non-hydrogen) atoms. The lowest BCUT2D eigenvalue weighted by atomic mass is 10.1. The number of aliphatic hydroxyl groups is 1. The van der Waals surface area contributed by atoms with Gasteiger partial charge in [-0.3, -0.25) is 4.68 Å². The van der Waals surface area contributed by atoms with Crippen LogP contribution in [0.15, 0.2) is 16.5 Å². The van der Waals surface area contributed by atoms with Gasteiger partial charge in [0.15, 0.2) is 5.22 Å². The molecular formula is C11H12Cl2N2O2. The molecule has 0 radical (unpaired) electrons. The molecule has 0 bridgehead atoms. The summed E-state index contributed by atoms with van der Waals surface area (Å²) in [7, 11) is 1.76. The van der Waals surface area contributed by atoms with Gasteiger partial charge in [0, 0.05) is 19.0 Å². The predicted molar refractivity (Wildman–Crippen MR) is 65.3 cm³/mol. The van der Waals surface area contributed by atoms with Crippen LogP contribution in [0.3, 0.4) is 0 Å². The van der Waals surface area contributed by atoms with Crippen molar-refractivity contribution in [2.75, 3.05) is 0 Å². The fourth-order valence-electron chi connectivity index (χ4n) is 1.71. The number of nitrogens with zero attached hydrogens (tertiary/aromatic N) is 2. The maximum atomic E-state index is 10.00. The van der Waals surface area contributed by atoms with Crippen LogP contribution in [0.25, 0.3) is 0 Å². The molecule has 0 saturated carbocycles. The number of hydrogen-bond acceptors (Lipinski definition) is 3. The second kappa shape index (κ2) is 4.72. The van der Waals surface area contributed by atoms with E-state index in [1.165, 1.54) is 0 Å². The minimum absolute atomic E-state index is 0.257. The van der Waals surface area contributed by atoms with E-state index in [9.17, 15) is 5.11 Å². The first-order valence-corrected chi connectivity index (χ1v) is 5.86. The molecule has 0 aliphatic rings. The third-order valence-corrected chi connectivity index (χ3v) is 3.27. The molecule has 2 heterocycles. The highest BCUT2D eigenvalue weighted by Crippen LogP contribution is 2.27. The summed E-state index contributed by atoms with van der Waals surface area (Å²) in [5.74, 6) is 0.425. The number of halogens is 2. The van der Waals surface area contributed by atoms with Gasteiger partial charge in [-0.05, 0) is 30.7 Å². The van der Waals surface area contributed by atoms with Crippen LogP contribution in [0.5, 0.6) is 0 Å². The van der Waals surface area contributed by atoms with Gasteiger partial charge in [-0.15, -0.1) is 0 Å². The fourth-order valence-corrected chi connectivity index (χ4v) is 2.11. The van der Waals surface area contributed by atoms with Gasteiger partial charge < -0.3 is 9.52 Å². The monoisotopic (exact) mass is 274 g/mol. The number of aliphatic hydroxyl groups excluding tert-OH is 1. The van der Waals surface area contributed by atoms with Gasteiger partial charge in [0.1, 0.15) is 17.0 Å². The first-order chi connectivity index (χ1) is 7.99. The molecular weight excluding hydrogens is 263 g/mol. The van der Waals surface area contributed by atoms with Crippen molar-refractivity contribution < 1.29 is 9.52 Å². The molecule has 2 rings (SSSR count). The summed E-state index contributed by atoms with van der Waals surface area (Å²) >= 11 is 11.7. The van der Waals surface area contributed by atoms with Crippen LogP contribution in [0.1, 0.15) is 23.1 Å². The average Bonchev–Trinajstić information content (AvgIpc) is 2.79. The zero-order valence-corrected chi connectivity index (χ0v) is 11.0. The van der Waals surface area contributed by atoms with Crippen molar-refractivity contribution in [2.24, 2.45) is 7.05 Å². The Hall–Kier alpha value is -0.970. The average molecular weight is 275 g/mol. The van der Waals surface area contributed by atoms with E-state index in [2.05, 4.69) is 5.10 Å². The van der Waals surface area contributed by atoms with E-state index in [0.717, 1.165) is 11.3 Å². The standard InChI is InChI=1S/C11H12Cl2N2O2/c1-6-7(11(13)15(2)14-6)5-8(16)9-3-4-10(12)17-9/h3-4,8,16H,5H2,1-2H3. The second-order valence-corrected chi connectivity index (χ2v) is 4.57. The van der Waals surface area contributed by atoms with Crippen LogP contribution in [-0.2, 0) is 13.5 Å². The van der Waals surface area contributed by atoms with Crippen molar-refractivity contribution in [3.63, 3.8) is 0 Å². The maximum absolute atomic E-state index is 10.00. The van der Waals surface area contributed by atoms with Gasteiger partial charge in [-0.25, -0.2) is 0 Å². The van der Waals surface area contributed by atoms with Crippen LogP contribution >= 0.6 is 23.2 Å². The minimum atomic E-state index is -0.775. The van der Waals surface area contributed by atoms with Crippen molar-refractivity contribution in [1.82, 2.24) is 9.78 Å². The van der Waals surface area contributed by atoms with Gasteiger partial charge in [-0.2, -0.15) is 5.10 Å². The molecule has 4 nitrogen and oxygen atoms in total. The van der Waals surface area contributed by atoms with Crippen molar-refractivity contribution in [3.05, 3.63) is 39.5 Å². The molecule has 2 aromatic rings. The van der Waals surface area contributed by atoms with E-state index in [1.54, 1.807) is 23.9 Å². The molecule has 2 aromatic heterocycles. The van der Waals surface area contributed by atoms with Crippen LogP contribution in [0.4, 0.5) is 0 Å². The van der Waals surface area contributed by atoms with Crippen LogP contribution in [0, 0.1) is 6.92 Å². The van der Waals surface area contributed by atoms with Gasteiger partial charge >= 0.3 is 0 Å². The number of hydrogen-bond donors (Lipinski definition) is 1. The molecule has 0 aromatic carbocycles. The van der Waals surface area contributed by atoms with Gasteiger partial charge in [-0.1, -0.05) is 11.6 Å². The largest absolute Gasteiger partial charge is 0.447 e. The van der Waals surface area contributed by atoms with Crippen molar-refractivity contribution in [2.45, 2.75) is 19.4 Å². The smallest absolute Gasteiger partial charge is 0.193 e. The van der Waals surface area contributed by atoms with E-state index in [4.69, 9.17) is 27.6 Å². The Labute approximate surface area is 109 Å². The highest BCUT2D eigenvalue weighted by Gasteiger charge is 2.18. The lowest BCUT2D eigenvalue weighted by molar-refractivity contribution is 0.150. The number of furan rings is 1. The number of aromatic nitrogens is 2. The molecule has 0 spiro atoms. The summed E-state index contributed by atoms with van der Waals surface area (Å²) in [6.45, 7) is 1.85. The van der Waals surface area contributed by atoms with E-state index < -0.39 is 6.10 Å². The molecule has 0 aliphatic carbocycles. The van der Waals surface area contributed by atoms with Crippen molar-refractivity contribution in [1.29, 1.82) is 0 Å². The van der Waals surface area contributed by atoms with Crippen molar-refractivity contribution in [3.8, 4) is 0 Å². The Bertz CT molecular complexity index is 534. The normalized spacial score (nSPS) is 13.0. The van der Waals surface area contributed by atoms with E-state index in [0.29, 0.717) is 17.3 Å². The molecule has 1 unspecified atom stereocenters. The Morgan fingerprint density at radius 1 is 1.47 bits per heavy atom. The summed E-state index contributed by atoms with van der Waals surface area (Å²) in [4.78, 5) is 0. The first-order valence-electron chi connectivity index (χ1n) is 5.10. The molecule has 1 N–H and O–H groups in total. The van der Waals surface area contributed by atoms with Crippen molar-refractivity contribution >= 4 is 23.2 Å². The lowest BCUT2D eigenvalue weighted by Crippen LogP contribution is -2.01. The Balaban J connectivity index is 2.21. The van der Waals surface area contributed by atoms with Gasteiger partial charge in [0.05, 0.1) is 5.69 Å². The minimum Gasteiger partial charge on any atom is -0.447 e. The topological polar surface area (TPSA) is 51.2 Å². The van der Waals surface area contributed by atoms with Gasteiger partial charge in [0.25, 0.3) is 0 Å². The molecule has 0 amide bonds. The maximum Gasteiger partial charge on any atom is 0.193 e. The summed E-state index contributed by atoms with van der Waals surface area (Å²) in [6, 6.07) is 3.24. The second-order valence-electron chi connectivity index (χ2n) is 3.84. The third kappa shape index (κ3) is 2.49. The molecule has 1 atom stereocenters. The Kier molecular flexibility index (Phi) is 3.47. The van der Waals surface area contributed by atoms with Crippen LogP contribution < -0.4 is 0 Å². The summed E-state index contributed by atoms with van der Waals surface area (Å²) in [5, 5.41) is 15.0. The fraction of sp³-hybridized carbons (Fsp3) is 0.364. The zero-order chi connectivity index (χ0) is 12.6. The van der Waals surface area contributed by atoms with Gasteiger partial charge in [0.2, 0.25) is 0 Å². The van der Waals surface area contributed by atoms with Crippen LogP contribution in [0.2, 0.25) is 10.4 Å². The molecule has 6 heteroatoms. The molecule has 0 saturated heterocycles. The summed E-state index contributed by atoms with van der Waals surface area (Å²) in [6.07, 6.45) is -0.426. The molecule has 0 aliphatic heterocycles. The summed E-state index contributed by atoms with van der Waals surface area (Å²) < 4.78 is 6.73. The third-order valence-electron chi connectivity index (χ3n) is 2.59.